The molecule has 0 aliphatic rings. The molecule has 0 bridgehead atoms. The van der Waals surface area contributed by atoms with Crippen molar-refractivity contribution in [1.29, 1.82) is 0 Å². The summed E-state index contributed by atoms with van der Waals surface area (Å²) in [7, 11) is 2.15. The average Bonchev–Trinajstić information content (AvgIpc) is 2.67. The number of benzene rings is 1. The Morgan fingerprint density at radius 3 is 2.00 bits per heavy atom. The fourth-order valence-corrected chi connectivity index (χ4v) is 2.14. The van der Waals surface area contributed by atoms with Gasteiger partial charge >= 0.3 is 0 Å². The maximum Gasteiger partial charge on any atom is 0.0482 e. The van der Waals surface area contributed by atoms with Gasteiger partial charge in [0.25, 0.3) is 0 Å². The highest BCUT2D eigenvalue weighted by Gasteiger charge is 2.08. The van der Waals surface area contributed by atoms with Crippen molar-refractivity contribution in [2.24, 2.45) is 7.05 Å². The van der Waals surface area contributed by atoms with Gasteiger partial charge in [0.15, 0.2) is 0 Å². The molecule has 17 heavy (non-hydrogen) atoms. The maximum atomic E-state index is 2.30. The van der Waals surface area contributed by atoms with E-state index in [0.717, 1.165) is 6.42 Å². The van der Waals surface area contributed by atoms with Gasteiger partial charge in [0, 0.05) is 23.6 Å². The molecule has 2 aromatic rings. The molecule has 1 aromatic heterocycles. The molecule has 1 heteroatoms. The van der Waals surface area contributed by atoms with Crippen LogP contribution in [0.1, 0.15) is 45.9 Å². The van der Waals surface area contributed by atoms with Crippen molar-refractivity contribution in [3.63, 3.8) is 0 Å². The molecule has 96 valence electrons. The van der Waals surface area contributed by atoms with Crippen LogP contribution >= 0.6 is 0 Å². The van der Waals surface area contributed by atoms with Crippen molar-refractivity contribution in [2.75, 3.05) is 0 Å². The molecule has 0 spiro atoms. The highest BCUT2D eigenvalue weighted by molar-refractivity contribution is 5.85. The highest BCUT2D eigenvalue weighted by atomic mass is 14.9. The molecule has 0 fully saturated rings. The molecule has 0 N–H and O–H groups in total. The first kappa shape index (κ1) is 15.8. The van der Waals surface area contributed by atoms with Gasteiger partial charge in [-0.15, -0.1) is 0 Å². The van der Waals surface area contributed by atoms with Crippen LogP contribution in [0, 0.1) is 6.92 Å². The SMILES string of the molecule is CC.CC.CCc1c(C)c2ccccc2n1C. The lowest BCUT2D eigenvalue weighted by Crippen LogP contribution is -1.94. The zero-order valence-corrected chi connectivity index (χ0v) is 12.5. The molecule has 0 atom stereocenters. The van der Waals surface area contributed by atoms with E-state index in [-0.39, 0.29) is 0 Å². The lowest BCUT2D eigenvalue weighted by atomic mass is 10.1. The molecule has 0 aliphatic heterocycles. The second kappa shape index (κ2) is 7.94. The number of aromatic nitrogens is 1. The van der Waals surface area contributed by atoms with Gasteiger partial charge in [-0.1, -0.05) is 52.8 Å². The summed E-state index contributed by atoms with van der Waals surface area (Å²) in [5.41, 5.74) is 4.22. The predicted molar refractivity (Wildman–Crippen MR) is 79.7 cm³/mol. The summed E-state index contributed by atoms with van der Waals surface area (Å²) in [6.07, 6.45) is 1.11. The number of hydrogen-bond donors (Lipinski definition) is 0. The quantitative estimate of drug-likeness (QED) is 0.645. The van der Waals surface area contributed by atoms with Crippen molar-refractivity contribution in [1.82, 2.24) is 4.57 Å². The van der Waals surface area contributed by atoms with Crippen LogP contribution in [0.5, 0.6) is 0 Å². The smallest absolute Gasteiger partial charge is 0.0482 e. The van der Waals surface area contributed by atoms with E-state index in [9.17, 15) is 0 Å². The Balaban J connectivity index is 0.000000581. The van der Waals surface area contributed by atoms with Gasteiger partial charge in [-0.2, -0.15) is 0 Å². The topological polar surface area (TPSA) is 4.93 Å². The van der Waals surface area contributed by atoms with E-state index >= 15 is 0 Å². The summed E-state index contributed by atoms with van der Waals surface area (Å²) in [4.78, 5) is 0. The minimum absolute atomic E-state index is 1.11. The number of para-hydroxylation sites is 1. The second-order valence-corrected chi connectivity index (χ2v) is 3.50. The molecule has 1 nitrogen and oxygen atoms in total. The van der Waals surface area contributed by atoms with Crippen LogP contribution in [-0.4, -0.2) is 4.57 Å². The average molecular weight is 233 g/mol. The number of nitrogens with zero attached hydrogens (tertiary/aromatic N) is 1. The zero-order valence-electron chi connectivity index (χ0n) is 12.5. The van der Waals surface area contributed by atoms with Crippen molar-refractivity contribution in [2.45, 2.75) is 48.0 Å². The van der Waals surface area contributed by atoms with E-state index < -0.39 is 0 Å². The van der Waals surface area contributed by atoms with E-state index in [0.29, 0.717) is 0 Å². The summed E-state index contributed by atoms with van der Waals surface area (Å²) >= 11 is 0. The Bertz CT molecular complexity index is 399. The highest BCUT2D eigenvalue weighted by Crippen LogP contribution is 2.24. The standard InChI is InChI=1S/C12H15N.2C2H6/c1-4-11-9(2)10-7-5-6-8-12(10)13(11)3;2*1-2/h5-8H,4H2,1-3H3;2*1-2H3. The minimum atomic E-state index is 1.11. The Kier molecular flexibility index (Phi) is 7.36. The first-order chi connectivity index (χ1) is 8.25. The third-order valence-corrected chi connectivity index (χ3v) is 2.84. The van der Waals surface area contributed by atoms with Crippen LogP contribution < -0.4 is 0 Å². The zero-order chi connectivity index (χ0) is 13.4. The van der Waals surface area contributed by atoms with Gasteiger partial charge in [0.05, 0.1) is 0 Å². The van der Waals surface area contributed by atoms with E-state index in [1.165, 1.54) is 22.2 Å². The van der Waals surface area contributed by atoms with E-state index in [4.69, 9.17) is 0 Å². The molecule has 0 unspecified atom stereocenters. The van der Waals surface area contributed by atoms with Crippen LogP contribution in [0.3, 0.4) is 0 Å². The lowest BCUT2D eigenvalue weighted by molar-refractivity contribution is 0.857. The van der Waals surface area contributed by atoms with Crippen molar-refractivity contribution >= 4 is 10.9 Å². The van der Waals surface area contributed by atoms with Crippen molar-refractivity contribution in [3.8, 4) is 0 Å². The molecule has 1 aromatic carbocycles. The van der Waals surface area contributed by atoms with E-state index in [1.54, 1.807) is 0 Å². The number of fused-ring (bicyclic) bond motifs is 1. The normalized spacial score (nSPS) is 9.12. The second-order valence-electron chi connectivity index (χ2n) is 3.50. The van der Waals surface area contributed by atoms with Crippen LogP contribution in [0.4, 0.5) is 0 Å². The van der Waals surface area contributed by atoms with Gasteiger partial charge in [-0.05, 0) is 25.0 Å². The number of aryl methyl sites for hydroxylation is 2. The fraction of sp³-hybridized carbons (Fsp3) is 0.500. The van der Waals surface area contributed by atoms with Crippen molar-refractivity contribution < 1.29 is 0 Å². The maximum absolute atomic E-state index is 2.30. The first-order valence-corrected chi connectivity index (χ1v) is 6.78. The summed E-state index contributed by atoms with van der Waals surface area (Å²) in [5, 5.41) is 1.39. The van der Waals surface area contributed by atoms with E-state index in [2.05, 4.69) is 49.7 Å². The van der Waals surface area contributed by atoms with Crippen LogP contribution in [0.15, 0.2) is 24.3 Å². The molecule has 0 amide bonds. The summed E-state index contributed by atoms with van der Waals surface area (Å²) in [6, 6.07) is 8.58. The number of hydrogen-bond acceptors (Lipinski definition) is 0. The lowest BCUT2D eigenvalue weighted by Gasteiger charge is -2.00. The van der Waals surface area contributed by atoms with Crippen LogP contribution in [0.25, 0.3) is 10.9 Å². The van der Waals surface area contributed by atoms with Gasteiger partial charge in [-0.25, -0.2) is 0 Å². The van der Waals surface area contributed by atoms with Gasteiger partial charge < -0.3 is 4.57 Å². The predicted octanol–water partition coefficient (Wildman–Crippen LogP) is 5.10. The molecule has 1 heterocycles. The van der Waals surface area contributed by atoms with Gasteiger partial charge in [0.1, 0.15) is 0 Å². The monoisotopic (exact) mass is 233 g/mol. The minimum Gasteiger partial charge on any atom is -0.347 e. The fourth-order valence-electron chi connectivity index (χ4n) is 2.14. The third-order valence-electron chi connectivity index (χ3n) is 2.84. The van der Waals surface area contributed by atoms with Crippen LogP contribution in [-0.2, 0) is 13.5 Å². The third kappa shape index (κ3) is 3.12. The Morgan fingerprint density at radius 1 is 1.00 bits per heavy atom. The largest absolute Gasteiger partial charge is 0.347 e. The molecule has 0 saturated heterocycles. The first-order valence-electron chi connectivity index (χ1n) is 6.78. The summed E-state index contributed by atoms with van der Waals surface area (Å²) < 4.78 is 2.30. The summed E-state index contributed by atoms with van der Waals surface area (Å²) in [6.45, 7) is 12.4. The molecule has 0 radical (unpaired) electrons. The molecule has 0 saturated carbocycles. The van der Waals surface area contributed by atoms with E-state index in [1.807, 2.05) is 27.7 Å². The van der Waals surface area contributed by atoms with Gasteiger partial charge in [0.2, 0.25) is 0 Å². The molecular weight excluding hydrogens is 206 g/mol. The van der Waals surface area contributed by atoms with Crippen molar-refractivity contribution in [3.05, 3.63) is 35.5 Å². The summed E-state index contributed by atoms with van der Waals surface area (Å²) in [5.74, 6) is 0. The molecule has 0 aliphatic carbocycles. The Hall–Kier alpha value is -1.24. The molecular formula is C16H27N. The Morgan fingerprint density at radius 2 is 1.53 bits per heavy atom. The van der Waals surface area contributed by atoms with Gasteiger partial charge in [-0.3, -0.25) is 0 Å². The van der Waals surface area contributed by atoms with Crippen LogP contribution in [0.2, 0.25) is 0 Å². The Labute approximate surface area is 106 Å². The molecule has 2 rings (SSSR count). The number of rotatable bonds is 1.